The first-order chi connectivity index (χ1) is 9.56. The molecule has 1 N–H and O–H groups in total. The molecule has 0 unspecified atom stereocenters. The maximum Gasteiger partial charge on any atom is 0.265 e. The zero-order valence-electron chi connectivity index (χ0n) is 10.6. The van der Waals surface area contributed by atoms with Crippen LogP contribution >= 0.6 is 27.5 Å². The molecule has 1 heterocycles. The highest BCUT2D eigenvalue weighted by molar-refractivity contribution is 9.10. The fourth-order valence-corrected chi connectivity index (χ4v) is 2.21. The monoisotopic (exact) mass is 354 g/mol. The lowest BCUT2D eigenvalue weighted by Gasteiger charge is -2.15. The molecule has 0 aliphatic carbocycles. The summed E-state index contributed by atoms with van der Waals surface area (Å²) in [6.45, 7) is 1.66. The molecule has 0 fully saturated rings. The van der Waals surface area contributed by atoms with E-state index in [0.29, 0.717) is 16.5 Å². The molecule has 0 bridgehead atoms. The lowest BCUT2D eigenvalue weighted by Crippen LogP contribution is -2.30. The predicted octanol–water partition coefficient (Wildman–Crippen LogP) is 3.90. The first-order valence-electron chi connectivity index (χ1n) is 5.89. The van der Waals surface area contributed by atoms with Crippen LogP contribution in [0.2, 0.25) is 5.02 Å². The van der Waals surface area contributed by atoms with Gasteiger partial charge in [-0.15, -0.1) is 0 Å². The second-order valence-corrected chi connectivity index (χ2v) is 5.39. The van der Waals surface area contributed by atoms with Gasteiger partial charge in [0, 0.05) is 10.7 Å². The van der Waals surface area contributed by atoms with Crippen LogP contribution in [-0.4, -0.2) is 17.0 Å². The van der Waals surface area contributed by atoms with Crippen molar-refractivity contribution in [1.29, 1.82) is 0 Å². The maximum atomic E-state index is 12.0. The van der Waals surface area contributed by atoms with Crippen molar-refractivity contribution in [2.24, 2.45) is 0 Å². The number of carbonyl (C=O) groups is 1. The van der Waals surface area contributed by atoms with Crippen LogP contribution in [0.3, 0.4) is 0 Å². The van der Waals surface area contributed by atoms with E-state index in [1.807, 2.05) is 0 Å². The molecular formula is C14H12BrClN2O2. The Labute approximate surface area is 130 Å². The van der Waals surface area contributed by atoms with Crippen LogP contribution < -0.4 is 10.1 Å². The zero-order valence-corrected chi connectivity index (χ0v) is 13.0. The van der Waals surface area contributed by atoms with Crippen LogP contribution in [0.5, 0.6) is 5.75 Å². The summed E-state index contributed by atoms with van der Waals surface area (Å²) in [7, 11) is 0. The van der Waals surface area contributed by atoms with Crippen LogP contribution in [0.15, 0.2) is 47.2 Å². The zero-order chi connectivity index (χ0) is 14.5. The summed E-state index contributed by atoms with van der Waals surface area (Å²) >= 11 is 9.35. The maximum absolute atomic E-state index is 12.0. The van der Waals surface area contributed by atoms with Crippen LogP contribution in [0.25, 0.3) is 0 Å². The Balaban J connectivity index is 2.00. The standard InChI is InChI=1S/C14H12BrClN2O2/c1-9(14(19)18-11-3-2-6-17-8-11)20-13-5-4-10(15)7-12(13)16/h2-9H,1H3,(H,18,19)/t9-/m0/s1. The summed E-state index contributed by atoms with van der Waals surface area (Å²) < 4.78 is 6.40. The highest BCUT2D eigenvalue weighted by Gasteiger charge is 2.16. The van der Waals surface area contributed by atoms with Gasteiger partial charge in [0.15, 0.2) is 6.10 Å². The third-order valence-electron chi connectivity index (χ3n) is 2.50. The van der Waals surface area contributed by atoms with Crippen molar-refractivity contribution in [3.05, 3.63) is 52.2 Å². The number of halogens is 2. The van der Waals surface area contributed by atoms with Gasteiger partial charge in [0.25, 0.3) is 5.91 Å². The summed E-state index contributed by atoms with van der Waals surface area (Å²) in [6.07, 6.45) is 2.53. The number of carbonyl (C=O) groups excluding carboxylic acids is 1. The van der Waals surface area contributed by atoms with Crippen LogP contribution in [0.4, 0.5) is 5.69 Å². The molecule has 0 aliphatic heterocycles. The van der Waals surface area contributed by atoms with Gasteiger partial charge in [0.1, 0.15) is 5.75 Å². The fourth-order valence-electron chi connectivity index (χ4n) is 1.50. The molecule has 0 saturated heterocycles. The molecule has 0 saturated carbocycles. The van der Waals surface area contributed by atoms with E-state index in [1.165, 1.54) is 0 Å². The lowest BCUT2D eigenvalue weighted by molar-refractivity contribution is -0.122. The first-order valence-corrected chi connectivity index (χ1v) is 7.06. The Kier molecular flexibility index (Phi) is 4.98. The average molecular weight is 356 g/mol. The largest absolute Gasteiger partial charge is 0.479 e. The minimum Gasteiger partial charge on any atom is -0.479 e. The molecular weight excluding hydrogens is 344 g/mol. The minimum atomic E-state index is -0.672. The van der Waals surface area contributed by atoms with Crippen molar-refractivity contribution in [2.45, 2.75) is 13.0 Å². The summed E-state index contributed by atoms with van der Waals surface area (Å²) in [4.78, 5) is 15.9. The second kappa shape index (κ2) is 6.72. The van der Waals surface area contributed by atoms with Gasteiger partial charge in [-0.05, 0) is 37.3 Å². The summed E-state index contributed by atoms with van der Waals surface area (Å²) in [5, 5.41) is 3.16. The Bertz CT molecular complexity index is 607. The number of pyridine rings is 1. The Morgan fingerprint density at radius 1 is 1.45 bits per heavy atom. The predicted molar refractivity (Wildman–Crippen MR) is 82.1 cm³/mol. The van der Waals surface area contributed by atoms with Gasteiger partial charge in [-0.25, -0.2) is 0 Å². The SMILES string of the molecule is C[C@H](Oc1ccc(Br)cc1Cl)C(=O)Nc1cccnc1. The van der Waals surface area contributed by atoms with Gasteiger partial charge < -0.3 is 10.1 Å². The van der Waals surface area contributed by atoms with Crippen LogP contribution in [-0.2, 0) is 4.79 Å². The molecule has 0 spiro atoms. The fraction of sp³-hybridized carbons (Fsp3) is 0.143. The van der Waals surface area contributed by atoms with Crippen molar-refractivity contribution in [3.8, 4) is 5.75 Å². The number of aromatic nitrogens is 1. The topological polar surface area (TPSA) is 51.2 Å². The molecule has 2 aromatic rings. The van der Waals surface area contributed by atoms with E-state index in [4.69, 9.17) is 16.3 Å². The van der Waals surface area contributed by atoms with Gasteiger partial charge in [-0.2, -0.15) is 0 Å². The van der Waals surface area contributed by atoms with E-state index in [2.05, 4.69) is 26.2 Å². The Morgan fingerprint density at radius 3 is 2.90 bits per heavy atom. The van der Waals surface area contributed by atoms with Gasteiger partial charge >= 0.3 is 0 Å². The Morgan fingerprint density at radius 2 is 2.25 bits per heavy atom. The smallest absolute Gasteiger partial charge is 0.265 e. The Hall–Kier alpha value is -1.59. The van der Waals surface area contributed by atoms with E-state index in [1.54, 1.807) is 49.6 Å². The number of hydrogen-bond donors (Lipinski definition) is 1. The summed E-state index contributed by atoms with van der Waals surface area (Å²) in [5.41, 5.74) is 0.620. The van der Waals surface area contributed by atoms with Crippen molar-refractivity contribution in [2.75, 3.05) is 5.32 Å². The number of anilines is 1. The summed E-state index contributed by atoms with van der Waals surface area (Å²) in [6, 6.07) is 8.72. The van der Waals surface area contributed by atoms with E-state index >= 15 is 0 Å². The molecule has 1 atom stereocenters. The molecule has 104 valence electrons. The van der Waals surface area contributed by atoms with Gasteiger partial charge in [0.05, 0.1) is 16.9 Å². The van der Waals surface area contributed by atoms with E-state index in [0.717, 1.165) is 4.47 Å². The molecule has 0 radical (unpaired) electrons. The van der Waals surface area contributed by atoms with Crippen LogP contribution in [0.1, 0.15) is 6.92 Å². The van der Waals surface area contributed by atoms with E-state index in [-0.39, 0.29) is 5.91 Å². The molecule has 1 aromatic heterocycles. The number of rotatable bonds is 4. The van der Waals surface area contributed by atoms with Gasteiger partial charge in [-0.1, -0.05) is 27.5 Å². The molecule has 20 heavy (non-hydrogen) atoms. The lowest BCUT2D eigenvalue weighted by atomic mass is 10.3. The number of benzene rings is 1. The van der Waals surface area contributed by atoms with Crippen molar-refractivity contribution in [1.82, 2.24) is 4.98 Å². The quantitative estimate of drug-likeness (QED) is 0.905. The molecule has 1 aromatic carbocycles. The highest BCUT2D eigenvalue weighted by atomic mass is 79.9. The third kappa shape index (κ3) is 3.95. The number of ether oxygens (including phenoxy) is 1. The molecule has 0 aliphatic rings. The number of hydrogen-bond acceptors (Lipinski definition) is 3. The highest BCUT2D eigenvalue weighted by Crippen LogP contribution is 2.28. The van der Waals surface area contributed by atoms with Gasteiger partial charge in [0.2, 0.25) is 0 Å². The van der Waals surface area contributed by atoms with Crippen molar-refractivity contribution >= 4 is 39.1 Å². The minimum absolute atomic E-state index is 0.267. The molecule has 4 nitrogen and oxygen atoms in total. The number of nitrogens with one attached hydrogen (secondary N) is 1. The molecule has 1 amide bonds. The number of nitrogens with zero attached hydrogens (tertiary/aromatic N) is 1. The van der Waals surface area contributed by atoms with Crippen molar-refractivity contribution in [3.63, 3.8) is 0 Å². The third-order valence-corrected chi connectivity index (χ3v) is 3.28. The average Bonchev–Trinajstić information content (AvgIpc) is 2.43. The first kappa shape index (κ1) is 14.8. The normalized spacial score (nSPS) is 11.8. The van der Waals surface area contributed by atoms with Crippen molar-refractivity contribution < 1.29 is 9.53 Å². The van der Waals surface area contributed by atoms with E-state index < -0.39 is 6.10 Å². The summed E-state index contributed by atoms with van der Waals surface area (Å²) in [5.74, 6) is 0.195. The molecule has 2 rings (SSSR count). The van der Waals surface area contributed by atoms with Gasteiger partial charge in [-0.3, -0.25) is 9.78 Å². The number of amides is 1. The second-order valence-electron chi connectivity index (χ2n) is 4.07. The van der Waals surface area contributed by atoms with E-state index in [9.17, 15) is 4.79 Å². The van der Waals surface area contributed by atoms with Crippen LogP contribution in [0, 0.1) is 0 Å². The molecule has 6 heteroatoms.